The molecule has 0 amide bonds. The molecule has 1 aromatic carbocycles. The maximum Gasteiger partial charge on any atom is 0.315 e. The third-order valence-corrected chi connectivity index (χ3v) is 4.48. The van der Waals surface area contributed by atoms with Crippen molar-refractivity contribution in [2.75, 3.05) is 0 Å². The highest BCUT2D eigenvalue weighted by Gasteiger charge is 2.27. The molecule has 25 heavy (non-hydrogen) atoms. The van der Waals surface area contributed by atoms with Crippen LogP contribution in [0.5, 0.6) is 5.75 Å². The molecule has 0 aliphatic heterocycles. The van der Waals surface area contributed by atoms with Crippen LogP contribution in [0.2, 0.25) is 0 Å². The first-order valence-corrected chi connectivity index (χ1v) is 8.12. The van der Waals surface area contributed by atoms with E-state index in [1.807, 2.05) is 0 Å². The molecule has 0 spiro atoms. The van der Waals surface area contributed by atoms with E-state index in [9.17, 15) is 15.2 Å². The lowest BCUT2D eigenvalue weighted by atomic mass is 9.93. The fourth-order valence-electron chi connectivity index (χ4n) is 3.33. The fourth-order valence-corrected chi connectivity index (χ4v) is 3.33. The second-order valence-electron chi connectivity index (χ2n) is 6.05. The van der Waals surface area contributed by atoms with E-state index in [2.05, 4.69) is 4.99 Å². The first-order valence-electron chi connectivity index (χ1n) is 8.12. The molecule has 0 unspecified atom stereocenters. The van der Waals surface area contributed by atoms with Crippen molar-refractivity contribution in [1.29, 1.82) is 0 Å². The van der Waals surface area contributed by atoms with Gasteiger partial charge in [-0.3, -0.25) is 15.1 Å². The van der Waals surface area contributed by atoms with E-state index in [0.29, 0.717) is 16.9 Å². The monoisotopic (exact) mass is 340 g/mol. The summed E-state index contributed by atoms with van der Waals surface area (Å²) in [5.74, 6) is 1.14. The summed E-state index contributed by atoms with van der Waals surface area (Å²) in [5.41, 5.74) is 1.41. The first kappa shape index (κ1) is 15.4. The number of fused-ring (bicyclic) bond motifs is 3. The van der Waals surface area contributed by atoms with Gasteiger partial charge in [0.25, 0.3) is 0 Å². The summed E-state index contributed by atoms with van der Waals surface area (Å²) in [6.45, 7) is 0.288. The van der Waals surface area contributed by atoms with Crippen LogP contribution in [0.25, 0.3) is 11.0 Å². The van der Waals surface area contributed by atoms with E-state index in [0.717, 1.165) is 42.4 Å². The summed E-state index contributed by atoms with van der Waals surface area (Å²) in [7, 11) is 0. The normalized spacial score (nSPS) is 14.2. The molecule has 0 saturated carbocycles. The highest BCUT2D eigenvalue weighted by molar-refractivity contribution is 6.05. The van der Waals surface area contributed by atoms with Crippen molar-refractivity contribution in [3.05, 3.63) is 57.2 Å². The lowest BCUT2D eigenvalue weighted by Crippen LogP contribution is -2.00. The average Bonchev–Trinajstić information content (AvgIpc) is 3.23. The number of nitro groups is 1. The van der Waals surface area contributed by atoms with Crippen molar-refractivity contribution in [2.45, 2.75) is 32.2 Å². The topological polar surface area (TPSA) is 102 Å². The predicted octanol–water partition coefficient (Wildman–Crippen LogP) is 4.14. The van der Waals surface area contributed by atoms with Gasteiger partial charge >= 0.3 is 5.69 Å². The zero-order valence-electron chi connectivity index (χ0n) is 13.4. The number of nitro benzene ring substituents is 1. The maximum absolute atomic E-state index is 11.3. The summed E-state index contributed by atoms with van der Waals surface area (Å²) in [4.78, 5) is 14.9. The molecule has 0 atom stereocenters. The van der Waals surface area contributed by atoms with Gasteiger partial charge in [-0.15, -0.1) is 0 Å². The molecule has 2 heterocycles. The van der Waals surface area contributed by atoms with E-state index >= 15 is 0 Å². The third-order valence-electron chi connectivity index (χ3n) is 4.48. The van der Waals surface area contributed by atoms with Gasteiger partial charge in [-0.1, -0.05) is 0 Å². The molecule has 0 radical (unpaired) electrons. The number of phenols is 1. The minimum absolute atomic E-state index is 0.288. The van der Waals surface area contributed by atoms with Crippen LogP contribution in [0.1, 0.15) is 35.5 Å². The number of aliphatic imine (C=N–C) groups is 1. The van der Waals surface area contributed by atoms with Crippen molar-refractivity contribution in [2.24, 2.45) is 4.99 Å². The lowest BCUT2D eigenvalue weighted by Gasteiger charge is -2.10. The Morgan fingerprint density at radius 3 is 2.96 bits per heavy atom. The number of rotatable bonds is 4. The van der Waals surface area contributed by atoms with Gasteiger partial charge in [0.05, 0.1) is 29.4 Å². The summed E-state index contributed by atoms with van der Waals surface area (Å²) in [6.07, 6.45) is 6.73. The van der Waals surface area contributed by atoms with Gasteiger partial charge in [0, 0.05) is 23.6 Å². The quantitative estimate of drug-likeness (QED) is 0.437. The van der Waals surface area contributed by atoms with Gasteiger partial charge in [-0.2, -0.15) is 0 Å². The molecule has 0 saturated heterocycles. The second kappa shape index (κ2) is 6.08. The molecule has 128 valence electrons. The third kappa shape index (κ3) is 2.67. The molecular weight excluding hydrogens is 324 g/mol. The molecule has 3 aromatic rings. The Hall–Kier alpha value is -3.09. The van der Waals surface area contributed by atoms with E-state index in [1.165, 1.54) is 12.3 Å². The fraction of sp³-hybridized carbons (Fsp3) is 0.278. The van der Waals surface area contributed by atoms with Gasteiger partial charge < -0.3 is 13.9 Å². The van der Waals surface area contributed by atoms with Crippen molar-refractivity contribution in [3.63, 3.8) is 0 Å². The van der Waals surface area contributed by atoms with Crippen LogP contribution < -0.4 is 0 Å². The molecule has 0 fully saturated rings. The molecule has 7 heteroatoms. The zero-order valence-corrected chi connectivity index (χ0v) is 13.4. The Labute approximate surface area is 142 Å². The van der Waals surface area contributed by atoms with Crippen LogP contribution in [0.4, 0.5) is 5.69 Å². The Balaban J connectivity index is 1.86. The largest absolute Gasteiger partial charge is 0.502 e. The minimum atomic E-state index is -0.611. The predicted molar refractivity (Wildman–Crippen MR) is 91.2 cm³/mol. The number of nitrogens with zero attached hydrogens (tertiary/aromatic N) is 2. The highest BCUT2D eigenvalue weighted by atomic mass is 16.6. The number of furan rings is 2. The minimum Gasteiger partial charge on any atom is -0.502 e. The number of hydrogen-bond acceptors (Lipinski definition) is 6. The number of aryl methyl sites for hydroxylation is 2. The molecule has 1 aliphatic carbocycles. The Bertz CT molecular complexity index is 969. The molecule has 7 nitrogen and oxygen atoms in total. The summed E-state index contributed by atoms with van der Waals surface area (Å²) >= 11 is 0. The Morgan fingerprint density at radius 2 is 2.20 bits per heavy atom. The number of phenolic OH excluding ortho intramolecular Hbond substituents is 1. The van der Waals surface area contributed by atoms with Gasteiger partial charge in [-0.05, 0) is 31.4 Å². The average molecular weight is 340 g/mol. The SMILES string of the molecule is O=[N+]([O-])c1cc2oc3c(c2c(C=NCc2ccco2)c1O)CCCC3. The van der Waals surface area contributed by atoms with Crippen LogP contribution in [0.15, 0.2) is 38.3 Å². The standard InChI is InChI=1S/C18H16N2O5/c21-18-13(10-19-9-11-4-3-7-24-11)17-12-5-1-2-6-15(12)25-16(17)8-14(18)20(22)23/h3-4,7-8,10,21H,1-2,5-6,9H2. The molecule has 1 N–H and O–H groups in total. The van der Waals surface area contributed by atoms with Crippen molar-refractivity contribution < 1.29 is 18.9 Å². The lowest BCUT2D eigenvalue weighted by molar-refractivity contribution is -0.385. The van der Waals surface area contributed by atoms with E-state index in [4.69, 9.17) is 8.83 Å². The van der Waals surface area contributed by atoms with Gasteiger partial charge in [0.2, 0.25) is 5.75 Å². The second-order valence-corrected chi connectivity index (χ2v) is 6.05. The first-order chi connectivity index (χ1) is 12.1. The highest BCUT2D eigenvalue weighted by Crippen LogP contribution is 2.41. The molecule has 0 bridgehead atoms. The number of benzene rings is 1. The van der Waals surface area contributed by atoms with Gasteiger partial charge in [0.1, 0.15) is 17.1 Å². The van der Waals surface area contributed by atoms with Crippen LogP contribution in [0.3, 0.4) is 0 Å². The molecule has 4 rings (SSSR count). The van der Waals surface area contributed by atoms with Crippen LogP contribution >= 0.6 is 0 Å². The van der Waals surface area contributed by atoms with E-state index < -0.39 is 4.92 Å². The van der Waals surface area contributed by atoms with Crippen molar-refractivity contribution in [1.82, 2.24) is 0 Å². The molecular formula is C18H16N2O5. The van der Waals surface area contributed by atoms with Crippen LogP contribution in [-0.2, 0) is 19.4 Å². The number of aromatic hydroxyl groups is 1. The summed E-state index contributed by atoms with van der Waals surface area (Å²) in [5, 5.41) is 22.4. The van der Waals surface area contributed by atoms with E-state index in [1.54, 1.807) is 18.4 Å². The van der Waals surface area contributed by atoms with E-state index in [-0.39, 0.29) is 18.0 Å². The van der Waals surface area contributed by atoms with Crippen molar-refractivity contribution >= 4 is 22.9 Å². The zero-order chi connectivity index (χ0) is 17.4. The number of hydrogen-bond donors (Lipinski definition) is 1. The van der Waals surface area contributed by atoms with Crippen LogP contribution in [0, 0.1) is 10.1 Å². The molecule has 2 aromatic heterocycles. The smallest absolute Gasteiger partial charge is 0.315 e. The Kier molecular flexibility index (Phi) is 3.76. The summed E-state index contributed by atoms with van der Waals surface area (Å²) in [6, 6.07) is 4.85. The Morgan fingerprint density at radius 1 is 1.36 bits per heavy atom. The van der Waals surface area contributed by atoms with Crippen LogP contribution in [-0.4, -0.2) is 16.2 Å². The maximum atomic E-state index is 11.3. The molecule has 1 aliphatic rings. The van der Waals surface area contributed by atoms with Gasteiger partial charge in [0.15, 0.2) is 0 Å². The summed E-state index contributed by atoms with van der Waals surface area (Å²) < 4.78 is 11.1. The van der Waals surface area contributed by atoms with Crippen molar-refractivity contribution in [3.8, 4) is 5.75 Å². The van der Waals surface area contributed by atoms with Gasteiger partial charge in [-0.25, -0.2) is 0 Å².